The van der Waals surface area contributed by atoms with Crippen molar-refractivity contribution in [1.82, 2.24) is 10.2 Å². The highest BCUT2D eigenvalue weighted by molar-refractivity contribution is 5.82. The molecule has 0 fully saturated rings. The minimum absolute atomic E-state index is 0.114. The van der Waals surface area contributed by atoms with Crippen molar-refractivity contribution in [2.75, 3.05) is 13.7 Å². The Morgan fingerprint density at radius 1 is 0.976 bits per heavy atom. The molecular formula is C34H48N2O6. The molecule has 0 unspecified atom stereocenters. The van der Waals surface area contributed by atoms with Gasteiger partial charge in [0.2, 0.25) is 5.91 Å². The van der Waals surface area contributed by atoms with Crippen LogP contribution in [0.1, 0.15) is 70.9 Å². The molecule has 0 saturated carbocycles. The maximum atomic E-state index is 13.5. The minimum Gasteiger partial charge on any atom is -0.461 e. The lowest BCUT2D eigenvalue weighted by Gasteiger charge is -2.31. The summed E-state index contributed by atoms with van der Waals surface area (Å²) in [5.41, 5.74) is 1.27. The molecule has 2 rings (SSSR count). The van der Waals surface area contributed by atoms with Gasteiger partial charge in [0.15, 0.2) is 0 Å². The summed E-state index contributed by atoms with van der Waals surface area (Å²) in [4.78, 5) is 40.2. The number of nitrogens with zero attached hydrogens (tertiary/aromatic N) is 1. The lowest BCUT2D eigenvalue weighted by Crippen LogP contribution is -2.47. The molecule has 2 amide bonds. The van der Waals surface area contributed by atoms with E-state index in [-0.39, 0.29) is 24.5 Å². The van der Waals surface area contributed by atoms with E-state index in [4.69, 9.17) is 14.2 Å². The first-order valence-electron chi connectivity index (χ1n) is 14.8. The van der Waals surface area contributed by atoms with E-state index in [0.717, 1.165) is 17.5 Å². The van der Waals surface area contributed by atoms with Crippen LogP contribution < -0.4 is 5.32 Å². The van der Waals surface area contributed by atoms with Crippen LogP contribution in [0.15, 0.2) is 73.3 Å². The highest BCUT2D eigenvalue weighted by Gasteiger charge is 2.33. The predicted octanol–water partition coefficient (Wildman–Crippen LogP) is 6.23. The molecule has 0 aliphatic carbocycles. The summed E-state index contributed by atoms with van der Waals surface area (Å²) in [6.07, 6.45) is 3.83. The molecule has 0 heterocycles. The largest absolute Gasteiger partial charge is 0.461 e. The molecule has 230 valence electrons. The Bertz CT molecular complexity index is 1100. The van der Waals surface area contributed by atoms with Crippen molar-refractivity contribution in [3.63, 3.8) is 0 Å². The molecule has 8 nitrogen and oxygen atoms in total. The smallest absolute Gasteiger partial charge is 0.410 e. The lowest BCUT2D eigenvalue weighted by molar-refractivity contribution is -0.155. The average molecular weight is 581 g/mol. The van der Waals surface area contributed by atoms with Crippen LogP contribution in [0, 0.1) is 0 Å². The second-order valence-electron chi connectivity index (χ2n) is 11.4. The molecule has 0 radical (unpaired) electrons. The van der Waals surface area contributed by atoms with Gasteiger partial charge in [-0.2, -0.15) is 0 Å². The maximum Gasteiger partial charge on any atom is 0.410 e. The molecule has 0 aromatic heterocycles. The normalized spacial score (nSPS) is 13.4. The Labute approximate surface area is 251 Å². The number of rotatable bonds is 17. The van der Waals surface area contributed by atoms with Gasteiger partial charge in [0.1, 0.15) is 17.7 Å². The van der Waals surface area contributed by atoms with Crippen molar-refractivity contribution in [1.29, 1.82) is 0 Å². The number of nitrogens with one attached hydrogen (secondary N) is 1. The summed E-state index contributed by atoms with van der Waals surface area (Å²) in [5, 5.41) is 2.94. The first kappa shape index (κ1) is 34.6. The van der Waals surface area contributed by atoms with E-state index < -0.39 is 23.7 Å². The average Bonchev–Trinajstić information content (AvgIpc) is 2.95. The number of hydrogen-bond acceptors (Lipinski definition) is 6. The molecule has 0 bridgehead atoms. The summed E-state index contributed by atoms with van der Waals surface area (Å²) in [6, 6.07) is 18.2. The van der Waals surface area contributed by atoms with Gasteiger partial charge in [-0.05, 0) is 51.2 Å². The molecular weight excluding hydrogens is 532 g/mol. The van der Waals surface area contributed by atoms with Gasteiger partial charge in [-0.3, -0.25) is 9.69 Å². The maximum absolute atomic E-state index is 13.5. The van der Waals surface area contributed by atoms with Crippen molar-refractivity contribution >= 4 is 18.0 Å². The zero-order valence-corrected chi connectivity index (χ0v) is 25.8. The van der Waals surface area contributed by atoms with Crippen molar-refractivity contribution in [2.24, 2.45) is 0 Å². The molecule has 0 aliphatic rings. The van der Waals surface area contributed by atoms with Crippen LogP contribution in [0.5, 0.6) is 0 Å². The third-order valence-corrected chi connectivity index (χ3v) is 6.56. The first-order valence-corrected chi connectivity index (χ1v) is 14.8. The van der Waals surface area contributed by atoms with E-state index in [1.54, 1.807) is 33.9 Å². The van der Waals surface area contributed by atoms with E-state index in [9.17, 15) is 14.4 Å². The summed E-state index contributed by atoms with van der Waals surface area (Å²) >= 11 is 0. The van der Waals surface area contributed by atoms with Crippen molar-refractivity contribution in [2.45, 2.75) is 96.6 Å². The standard InChI is InChI=1S/C34H48N2O6/c1-7-16-29(21-15-22-31(37)35-28(8-2)25-40-24-27-19-13-10-14-20-27)41-32(38)30(23-26-17-11-9-12-18-26)36(6)33(39)42-34(3,4)5/h8-14,17-20,28-30H,2,7,15-16,21-25H2,1,3-6H3,(H,35,37)/t28-,29-,30+/m1/s1. The number of carbonyl (C=O) groups excluding carboxylic acids is 3. The number of benzene rings is 2. The zero-order chi connectivity index (χ0) is 31.0. The molecule has 3 atom stereocenters. The number of hydrogen-bond donors (Lipinski definition) is 1. The van der Waals surface area contributed by atoms with Crippen LogP contribution in [0.25, 0.3) is 0 Å². The molecule has 8 heteroatoms. The van der Waals surface area contributed by atoms with E-state index in [0.29, 0.717) is 38.9 Å². The van der Waals surface area contributed by atoms with E-state index in [2.05, 4.69) is 11.9 Å². The quantitative estimate of drug-likeness (QED) is 0.176. The first-order chi connectivity index (χ1) is 20.0. The fourth-order valence-electron chi connectivity index (χ4n) is 4.32. The third kappa shape index (κ3) is 13.3. The summed E-state index contributed by atoms with van der Waals surface area (Å²) in [6.45, 7) is 12.0. The molecule has 0 saturated heterocycles. The number of esters is 1. The van der Waals surface area contributed by atoms with Crippen molar-refractivity contribution < 1.29 is 28.6 Å². The molecule has 0 spiro atoms. The van der Waals surface area contributed by atoms with Gasteiger partial charge in [-0.25, -0.2) is 9.59 Å². The topological polar surface area (TPSA) is 94.2 Å². The van der Waals surface area contributed by atoms with Gasteiger partial charge in [-0.1, -0.05) is 80.1 Å². The van der Waals surface area contributed by atoms with Crippen LogP contribution in [-0.2, 0) is 36.8 Å². The van der Waals surface area contributed by atoms with E-state index >= 15 is 0 Å². The second kappa shape index (κ2) is 18.0. The van der Waals surface area contributed by atoms with Crippen molar-refractivity contribution in [3.05, 3.63) is 84.4 Å². The predicted molar refractivity (Wildman–Crippen MR) is 165 cm³/mol. The van der Waals surface area contributed by atoms with Crippen LogP contribution in [-0.4, -0.2) is 60.3 Å². The van der Waals surface area contributed by atoms with Crippen LogP contribution >= 0.6 is 0 Å². The van der Waals surface area contributed by atoms with Crippen molar-refractivity contribution in [3.8, 4) is 0 Å². The van der Waals surface area contributed by atoms with E-state index in [1.807, 2.05) is 67.6 Å². The monoisotopic (exact) mass is 580 g/mol. The fraction of sp³-hybridized carbons (Fsp3) is 0.500. The lowest BCUT2D eigenvalue weighted by atomic mass is 10.0. The van der Waals surface area contributed by atoms with Gasteiger partial charge in [0.05, 0.1) is 19.3 Å². The summed E-state index contributed by atoms with van der Waals surface area (Å²) in [7, 11) is 1.56. The van der Waals surface area contributed by atoms with Crippen LogP contribution in [0.2, 0.25) is 0 Å². The molecule has 0 aliphatic heterocycles. The van der Waals surface area contributed by atoms with Gasteiger partial charge in [-0.15, -0.1) is 6.58 Å². The Balaban J connectivity index is 1.92. The number of carbonyl (C=O) groups is 3. The number of likely N-dealkylation sites (N-methyl/N-ethyl adjacent to an activating group) is 1. The highest BCUT2D eigenvalue weighted by Crippen LogP contribution is 2.18. The Hall–Kier alpha value is -3.65. The molecule has 2 aromatic carbocycles. The minimum atomic E-state index is -0.853. The molecule has 1 N–H and O–H groups in total. The Morgan fingerprint density at radius 2 is 1.60 bits per heavy atom. The number of ether oxygens (including phenoxy) is 3. The molecule has 42 heavy (non-hydrogen) atoms. The SMILES string of the molecule is C=C[C@H](COCc1ccccc1)NC(=O)CCC[C@@H](CCC)OC(=O)[C@H](Cc1ccccc1)N(C)C(=O)OC(C)(C)C. The second-order valence-corrected chi connectivity index (χ2v) is 11.4. The third-order valence-electron chi connectivity index (χ3n) is 6.56. The highest BCUT2D eigenvalue weighted by atomic mass is 16.6. The fourth-order valence-corrected chi connectivity index (χ4v) is 4.32. The summed E-state index contributed by atoms with van der Waals surface area (Å²) < 4.78 is 17.2. The Morgan fingerprint density at radius 3 is 2.17 bits per heavy atom. The van der Waals surface area contributed by atoms with Crippen LogP contribution in [0.4, 0.5) is 4.79 Å². The number of amides is 2. The van der Waals surface area contributed by atoms with Gasteiger partial charge in [0.25, 0.3) is 0 Å². The van der Waals surface area contributed by atoms with Gasteiger partial charge >= 0.3 is 12.1 Å². The van der Waals surface area contributed by atoms with Gasteiger partial charge < -0.3 is 19.5 Å². The zero-order valence-electron chi connectivity index (χ0n) is 25.8. The summed E-state index contributed by atoms with van der Waals surface area (Å²) in [5.74, 6) is -0.603. The van der Waals surface area contributed by atoms with E-state index in [1.165, 1.54) is 4.90 Å². The van der Waals surface area contributed by atoms with Gasteiger partial charge in [0, 0.05) is 19.9 Å². The Kier molecular flexibility index (Phi) is 14.8. The molecule has 2 aromatic rings. The van der Waals surface area contributed by atoms with Crippen LogP contribution in [0.3, 0.4) is 0 Å².